The van der Waals surface area contributed by atoms with Gasteiger partial charge in [0.15, 0.2) is 0 Å². The van der Waals surface area contributed by atoms with E-state index in [-0.39, 0.29) is 5.92 Å². The van der Waals surface area contributed by atoms with Crippen molar-refractivity contribution < 1.29 is 9.90 Å². The van der Waals surface area contributed by atoms with Gasteiger partial charge in [0.05, 0.1) is 0 Å². The monoisotopic (exact) mass is 344 g/mol. The molecule has 0 aromatic heterocycles. The van der Waals surface area contributed by atoms with Crippen LogP contribution in [0.25, 0.3) is 0 Å². The fraction of sp³-hybridized carbons (Fsp3) is 0.650. The number of piperidine rings is 1. The SMILES string of the molecule is BCCCCC(N)(C(=O)O)C1CCN(CCCc2ccccc2)CC1. The van der Waals surface area contributed by atoms with Gasteiger partial charge in [0, 0.05) is 0 Å². The Bertz CT molecular complexity index is 518. The molecule has 3 N–H and O–H groups in total. The third kappa shape index (κ3) is 5.86. The molecule has 0 amide bonds. The summed E-state index contributed by atoms with van der Waals surface area (Å²) in [4.78, 5) is 14.3. The largest absolute Gasteiger partial charge is 0.480 e. The Morgan fingerprint density at radius 2 is 1.88 bits per heavy atom. The van der Waals surface area contributed by atoms with E-state index in [9.17, 15) is 9.90 Å². The highest BCUT2D eigenvalue weighted by molar-refractivity contribution is 6.08. The number of nitrogens with two attached hydrogens (primary N) is 1. The molecule has 1 aromatic carbocycles. The van der Waals surface area contributed by atoms with E-state index in [4.69, 9.17) is 5.73 Å². The summed E-state index contributed by atoms with van der Waals surface area (Å²) in [7, 11) is 2.13. The quantitative estimate of drug-likeness (QED) is 0.505. The molecule has 1 atom stereocenters. The van der Waals surface area contributed by atoms with Gasteiger partial charge in [0.2, 0.25) is 0 Å². The predicted octanol–water partition coefficient (Wildman–Crippen LogP) is 2.33. The summed E-state index contributed by atoms with van der Waals surface area (Å²) < 4.78 is 0. The summed E-state index contributed by atoms with van der Waals surface area (Å²) in [5, 5.41) is 9.68. The molecule has 2 rings (SSSR count). The van der Waals surface area contributed by atoms with Gasteiger partial charge < -0.3 is 15.7 Å². The summed E-state index contributed by atoms with van der Waals surface area (Å²) in [6, 6.07) is 10.6. The first-order valence-electron chi connectivity index (χ1n) is 9.85. The lowest BCUT2D eigenvalue weighted by molar-refractivity contribution is -0.147. The predicted molar refractivity (Wildman–Crippen MR) is 106 cm³/mol. The van der Waals surface area contributed by atoms with Crippen molar-refractivity contribution in [2.75, 3.05) is 19.6 Å². The lowest BCUT2D eigenvalue weighted by Crippen LogP contribution is -2.57. The van der Waals surface area contributed by atoms with Crippen LogP contribution in [-0.4, -0.2) is 49.0 Å². The maximum atomic E-state index is 11.8. The second-order valence-electron chi connectivity index (χ2n) is 7.51. The first-order chi connectivity index (χ1) is 12.1. The molecule has 1 heterocycles. The summed E-state index contributed by atoms with van der Waals surface area (Å²) in [5.74, 6) is -0.710. The Balaban J connectivity index is 1.76. The number of carbonyl (C=O) groups is 1. The van der Waals surface area contributed by atoms with Crippen LogP contribution in [0, 0.1) is 5.92 Å². The van der Waals surface area contributed by atoms with Crippen molar-refractivity contribution in [3.63, 3.8) is 0 Å². The lowest BCUT2D eigenvalue weighted by atomic mass is 9.75. The number of carboxylic acid groups (broad SMARTS) is 1. The molecule has 1 aliphatic rings. The van der Waals surface area contributed by atoms with Crippen molar-refractivity contribution in [3.8, 4) is 0 Å². The summed E-state index contributed by atoms with van der Waals surface area (Å²) in [6.07, 6.45) is 7.73. The molecule has 4 nitrogen and oxygen atoms in total. The molecule has 1 fully saturated rings. The molecule has 0 aliphatic carbocycles. The van der Waals surface area contributed by atoms with Crippen molar-refractivity contribution in [2.45, 2.75) is 56.8 Å². The van der Waals surface area contributed by atoms with Crippen LogP contribution in [0.3, 0.4) is 0 Å². The van der Waals surface area contributed by atoms with Gasteiger partial charge in [0.1, 0.15) is 13.4 Å². The second-order valence-corrected chi connectivity index (χ2v) is 7.51. The summed E-state index contributed by atoms with van der Waals surface area (Å²) in [5.41, 5.74) is 6.71. The molecule has 0 radical (unpaired) electrons. The molecule has 1 aromatic rings. The van der Waals surface area contributed by atoms with Gasteiger partial charge in [0.25, 0.3) is 0 Å². The normalized spacial score (nSPS) is 18.8. The van der Waals surface area contributed by atoms with Gasteiger partial charge in [-0.2, -0.15) is 0 Å². The minimum absolute atomic E-state index is 0.104. The Morgan fingerprint density at radius 3 is 2.48 bits per heavy atom. The fourth-order valence-electron chi connectivity index (χ4n) is 3.98. The van der Waals surface area contributed by atoms with Gasteiger partial charge in [-0.25, -0.2) is 0 Å². The Kier molecular flexibility index (Phi) is 7.98. The third-order valence-corrected chi connectivity index (χ3v) is 5.69. The third-order valence-electron chi connectivity index (χ3n) is 5.69. The average Bonchev–Trinajstić information content (AvgIpc) is 2.63. The van der Waals surface area contributed by atoms with E-state index >= 15 is 0 Å². The van der Waals surface area contributed by atoms with Crippen LogP contribution < -0.4 is 5.73 Å². The fourth-order valence-corrected chi connectivity index (χ4v) is 3.98. The van der Waals surface area contributed by atoms with E-state index in [0.29, 0.717) is 6.42 Å². The van der Waals surface area contributed by atoms with E-state index in [1.807, 2.05) is 0 Å². The Hall–Kier alpha value is -1.33. The molecule has 1 saturated heterocycles. The number of rotatable bonds is 10. The first-order valence-corrected chi connectivity index (χ1v) is 9.85. The van der Waals surface area contributed by atoms with Crippen molar-refractivity contribution in [2.24, 2.45) is 11.7 Å². The standard InChI is InChI=1S/C20H33BN2O2/c21-13-5-4-12-20(22,19(24)25)18-10-15-23(16-11-18)14-6-9-17-7-2-1-3-8-17/h1-3,7-8,18H,4-6,9-16,21-22H2,(H,24,25). The number of hydrogen-bond acceptors (Lipinski definition) is 3. The molecule has 1 aliphatic heterocycles. The maximum Gasteiger partial charge on any atom is 0.323 e. The second kappa shape index (κ2) is 9.98. The van der Waals surface area contributed by atoms with E-state index in [1.54, 1.807) is 0 Å². The molecule has 138 valence electrons. The Morgan fingerprint density at radius 1 is 1.20 bits per heavy atom. The number of benzene rings is 1. The van der Waals surface area contributed by atoms with Gasteiger partial charge >= 0.3 is 5.97 Å². The first kappa shape index (κ1) is 20.0. The van der Waals surface area contributed by atoms with Crippen molar-refractivity contribution in [3.05, 3.63) is 35.9 Å². The number of hydrogen-bond donors (Lipinski definition) is 2. The minimum atomic E-state index is -1.04. The highest BCUT2D eigenvalue weighted by Gasteiger charge is 2.42. The zero-order valence-electron chi connectivity index (χ0n) is 15.6. The van der Waals surface area contributed by atoms with Gasteiger partial charge in [-0.3, -0.25) is 4.79 Å². The van der Waals surface area contributed by atoms with Crippen molar-refractivity contribution in [1.82, 2.24) is 4.90 Å². The number of aryl methyl sites for hydroxylation is 1. The lowest BCUT2D eigenvalue weighted by Gasteiger charge is -2.40. The van der Waals surface area contributed by atoms with Crippen LogP contribution in [0.4, 0.5) is 0 Å². The minimum Gasteiger partial charge on any atom is -0.480 e. The number of nitrogens with zero attached hydrogens (tertiary/aromatic N) is 1. The molecule has 0 saturated carbocycles. The van der Waals surface area contributed by atoms with Crippen LogP contribution in [-0.2, 0) is 11.2 Å². The highest BCUT2D eigenvalue weighted by atomic mass is 16.4. The molecular weight excluding hydrogens is 311 g/mol. The molecular formula is C20H33BN2O2. The average molecular weight is 344 g/mol. The van der Waals surface area contributed by atoms with Crippen LogP contribution >= 0.6 is 0 Å². The zero-order valence-corrected chi connectivity index (χ0v) is 15.6. The Labute approximate surface area is 153 Å². The van der Waals surface area contributed by atoms with Crippen molar-refractivity contribution >= 4 is 13.8 Å². The van der Waals surface area contributed by atoms with Crippen LogP contribution in [0.2, 0.25) is 6.32 Å². The number of unbranched alkanes of at least 4 members (excludes halogenated alkanes) is 1. The molecule has 0 spiro atoms. The summed E-state index contributed by atoms with van der Waals surface area (Å²) in [6.45, 7) is 3.03. The molecule has 5 heteroatoms. The van der Waals surface area contributed by atoms with Gasteiger partial charge in [-0.05, 0) is 63.2 Å². The summed E-state index contributed by atoms with van der Waals surface area (Å²) >= 11 is 0. The maximum absolute atomic E-state index is 11.8. The zero-order chi connectivity index (χ0) is 18.1. The van der Waals surface area contributed by atoms with E-state index in [1.165, 1.54) is 5.56 Å². The number of carboxylic acids is 1. The smallest absolute Gasteiger partial charge is 0.323 e. The van der Waals surface area contributed by atoms with E-state index < -0.39 is 11.5 Å². The van der Waals surface area contributed by atoms with Crippen LogP contribution in [0.5, 0.6) is 0 Å². The van der Waals surface area contributed by atoms with Crippen LogP contribution in [0.1, 0.15) is 44.1 Å². The van der Waals surface area contributed by atoms with E-state index in [0.717, 1.165) is 64.5 Å². The van der Waals surface area contributed by atoms with Crippen LogP contribution in [0.15, 0.2) is 30.3 Å². The topological polar surface area (TPSA) is 66.6 Å². The van der Waals surface area contributed by atoms with Crippen molar-refractivity contribution in [1.29, 1.82) is 0 Å². The molecule has 0 bridgehead atoms. The van der Waals surface area contributed by atoms with Gasteiger partial charge in [-0.15, -0.1) is 0 Å². The number of aliphatic carboxylic acids is 1. The highest BCUT2D eigenvalue weighted by Crippen LogP contribution is 2.31. The number of likely N-dealkylation sites (tertiary alicyclic amines) is 1. The molecule has 25 heavy (non-hydrogen) atoms. The van der Waals surface area contributed by atoms with Gasteiger partial charge in [-0.1, -0.05) is 49.5 Å². The van der Waals surface area contributed by atoms with E-state index in [2.05, 4.69) is 43.1 Å². The molecule has 1 unspecified atom stereocenters.